The Morgan fingerprint density at radius 1 is 1.16 bits per heavy atom. The predicted molar refractivity (Wildman–Crippen MR) is 108 cm³/mol. The van der Waals surface area contributed by atoms with Gasteiger partial charge < -0.3 is 24.8 Å². The maximum Gasteiger partial charge on any atom is 0.573 e. The van der Waals surface area contributed by atoms with E-state index in [0.29, 0.717) is 24.3 Å². The molecule has 31 heavy (non-hydrogen) atoms. The fourth-order valence-electron chi connectivity index (χ4n) is 3.83. The van der Waals surface area contributed by atoms with Gasteiger partial charge in [-0.05, 0) is 30.2 Å². The van der Waals surface area contributed by atoms with Gasteiger partial charge in [0.25, 0.3) is 0 Å². The number of alkyl halides is 3. The minimum atomic E-state index is -4.78. The Morgan fingerprint density at radius 2 is 1.90 bits per heavy atom. The highest BCUT2D eigenvalue weighted by Crippen LogP contribution is 2.31. The molecule has 3 atom stereocenters. The number of carbonyl (C=O) groups excluding carboxylic acids is 1. The third kappa shape index (κ3) is 6.11. The number of ether oxygens (including phenoxy) is 3. The summed E-state index contributed by atoms with van der Waals surface area (Å²) in [5.41, 5.74) is 1.56. The van der Waals surface area contributed by atoms with Crippen LogP contribution < -0.4 is 20.1 Å². The topological polar surface area (TPSA) is 68.8 Å². The summed E-state index contributed by atoms with van der Waals surface area (Å²) < 4.78 is 52.0. The molecule has 9 heteroatoms. The molecule has 2 aromatic carbocycles. The molecule has 6 nitrogen and oxygen atoms in total. The van der Waals surface area contributed by atoms with Crippen LogP contribution in [-0.2, 0) is 16.1 Å². The van der Waals surface area contributed by atoms with Gasteiger partial charge in [0.1, 0.15) is 11.5 Å². The first kappa shape index (κ1) is 22.9. The highest BCUT2D eigenvalue weighted by molar-refractivity contribution is 5.72. The van der Waals surface area contributed by atoms with E-state index in [2.05, 4.69) is 15.4 Å². The molecule has 1 aliphatic heterocycles. The van der Waals surface area contributed by atoms with Crippen molar-refractivity contribution in [2.75, 3.05) is 20.8 Å². The van der Waals surface area contributed by atoms with Crippen molar-refractivity contribution < 1.29 is 32.2 Å². The van der Waals surface area contributed by atoms with Crippen LogP contribution in [0.4, 0.5) is 13.2 Å². The lowest BCUT2D eigenvalue weighted by Crippen LogP contribution is -2.51. The molecule has 1 aliphatic rings. The number of nitrogens with one attached hydrogen (secondary N) is 2. The van der Waals surface area contributed by atoms with Gasteiger partial charge in [0.05, 0.1) is 20.1 Å². The second-order valence-corrected chi connectivity index (χ2v) is 7.26. The lowest BCUT2D eigenvalue weighted by Gasteiger charge is -2.37. The van der Waals surface area contributed by atoms with Crippen molar-refractivity contribution in [2.45, 2.75) is 31.4 Å². The monoisotopic (exact) mass is 438 g/mol. The number of methoxy groups -OCH3 is 2. The summed E-state index contributed by atoms with van der Waals surface area (Å²) in [7, 11) is 2.80. The maximum atomic E-state index is 12.6. The molecule has 0 aliphatic carbocycles. The Hall–Kier alpha value is -2.78. The van der Waals surface area contributed by atoms with Crippen LogP contribution in [0.25, 0.3) is 0 Å². The number of carbonyl (C=O) groups is 1. The molecule has 1 fully saturated rings. The molecule has 1 saturated heterocycles. The first-order chi connectivity index (χ1) is 14.8. The van der Waals surface area contributed by atoms with Gasteiger partial charge in [-0.3, -0.25) is 4.79 Å². The Labute approximate surface area is 178 Å². The Bertz CT molecular complexity index is 877. The Kier molecular flexibility index (Phi) is 7.40. The summed E-state index contributed by atoms with van der Waals surface area (Å²) in [6.45, 7) is 0.699. The molecule has 2 N–H and O–H groups in total. The second kappa shape index (κ2) is 10.0. The number of benzene rings is 2. The van der Waals surface area contributed by atoms with Crippen LogP contribution in [0.2, 0.25) is 0 Å². The lowest BCUT2D eigenvalue weighted by molar-refractivity contribution is -0.274. The van der Waals surface area contributed by atoms with Crippen LogP contribution in [0.3, 0.4) is 0 Å². The van der Waals surface area contributed by atoms with Crippen molar-refractivity contribution in [2.24, 2.45) is 5.92 Å². The zero-order chi connectivity index (χ0) is 22.4. The van der Waals surface area contributed by atoms with Gasteiger partial charge in [-0.15, -0.1) is 13.2 Å². The molecule has 0 saturated carbocycles. The predicted octanol–water partition coefficient (Wildman–Crippen LogP) is 3.58. The zero-order valence-corrected chi connectivity index (χ0v) is 17.2. The van der Waals surface area contributed by atoms with Gasteiger partial charge in [0.2, 0.25) is 0 Å². The number of halogens is 3. The van der Waals surface area contributed by atoms with E-state index < -0.39 is 6.36 Å². The fourth-order valence-corrected chi connectivity index (χ4v) is 3.83. The fraction of sp³-hybridized carbons (Fsp3) is 0.409. The maximum absolute atomic E-state index is 12.6. The first-order valence-electron chi connectivity index (χ1n) is 9.83. The quantitative estimate of drug-likeness (QED) is 0.645. The number of hydrogen-bond acceptors (Lipinski definition) is 6. The molecule has 1 heterocycles. The van der Waals surface area contributed by atoms with Gasteiger partial charge in [0, 0.05) is 30.7 Å². The normalized spacial score (nSPS) is 21.4. The van der Waals surface area contributed by atoms with Gasteiger partial charge in [-0.25, -0.2) is 0 Å². The number of esters is 1. The molecule has 0 radical (unpaired) electrons. The largest absolute Gasteiger partial charge is 0.573 e. The summed E-state index contributed by atoms with van der Waals surface area (Å²) in [5, 5.41) is 6.76. The molecule has 0 aromatic heterocycles. The van der Waals surface area contributed by atoms with Crippen molar-refractivity contribution in [1.82, 2.24) is 10.6 Å². The SMILES string of the molecule is COC(=O)[C@@H]1CN[C@@H](c2ccccc2)[C@H](NCc2cc(OC(F)(F)F)ccc2OC)C1. The third-order valence-electron chi connectivity index (χ3n) is 5.26. The van der Waals surface area contributed by atoms with Crippen molar-refractivity contribution in [3.63, 3.8) is 0 Å². The highest BCUT2D eigenvalue weighted by Gasteiger charge is 2.35. The van der Waals surface area contributed by atoms with E-state index in [0.717, 1.165) is 5.56 Å². The summed E-state index contributed by atoms with van der Waals surface area (Å²) in [6.07, 6.45) is -4.26. The summed E-state index contributed by atoms with van der Waals surface area (Å²) in [4.78, 5) is 12.1. The lowest BCUT2D eigenvalue weighted by atomic mass is 9.86. The highest BCUT2D eigenvalue weighted by atomic mass is 19.4. The van der Waals surface area contributed by atoms with Crippen LogP contribution in [0.5, 0.6) is 11.5 Å². The van der Waals surface area contributed by atoms with Crippen molar-refractivity contribution in [3.8, 4) is 11.5 Å². The Balaban J connectivity index is 1.80. The van der Waals surface area contributed by atoms with E-state index in [4.69, 9.17) is 9.47 Å². The summed E-state index contributed by atoms with van der Waals surface area (Å²) >= 11 is 0. The van der Waals surface area contributed by atoms with E-state index in [9.17, 15) is 18.0 Å². The summed E-state index contributed by atoms with van der Waals surface area (Å²) in [6, 6.07) is 13.4. The van der Waals surface area contributed by atoms with Crippen LogP contribution in [0, 0.1) is 5.92 Å². The first-order valence-corrected chi connectivity index (χ1v) is 9.83. The van der Waals surface area contributed by atoms with Crippen LogP contribution in [-0.4, -0.2) is 39.1 Å². The van der Waals surface area contributed by atoms with Crippen molar-refractivity contribution >= 4 is 5.97 Å². The number of piperidine rings is 1. The van der Waals surface area contributed by atoms with Gasteiger partial charge in [-0.1, -0.05) is 30.3 Å². The average Bonchev–Trinajstić information content (AvgIpc) is 2.76. The molecule has 168 valence electrons. The second-order valence-electron chi connectivity index (χ2n) is 7.26. The minimum Gasteiger partial charge on any atom is -0.496 e. The molecule has 0 bridgehead atoms. The van der Waals surface area contributed by atoms with E-state index in [1.807, 2.05) is 30.3 Å². The van der Waals surface area contributed by atoms with E-state index in [-0.39, 0.29) is 36.3 Å². The molecule has 2 aromatic rings. The van der Waals surface area contributed by atoms with Crippen LogP contribution in [0.15, 0.2) is 48.5 Å². The molecule has 0 unspecified atom stereocenters. The van der Waals surface area contributed by atoms with Gasteiger partial charge in [0.15, 0.2) is 0 Å². The number of hydrogen-bond donors (Lipinski definition) is 2. The molecule has 0 amide bonds. The van der Waals surface area contributed by atoms with E-state index in [1.165, 1.54) is 32.4 Å². The molecule has 0 spiro atoms. The standard InChI is InChI=1S/C22H25F3N2O4/c1-29-19-9-8-17(31-22(23,24)25)10-15(19)12-26-18-11-16(21(28)30-2)13-27-20(18)14-6-4-3-5-7-14/h3-10,16,18,20,26-27H,11-13H2,1-2H3/t16-,18+,20-/m0/s1. The van der Waals surface area contributed by atoms with Crippen LogP contribution >= 0.6 is 0 Å². The minimum absolute atomic E-state index is 0.0808. The van der Waals surface area contributed by atoms with Crippen molar-refractivity contribution in [3.05, 3.63) is 59.7 Å². The molecule has 3 rings (SSSR count). The van der Waals surface area contributed by atoms with Crippen LogP contribution in [0.1, 0.15) is 23.6 Å². The Morgan fingerprint density at radius 3 is 2.55 bits per heavy atom. The van der Waals surface area contributed by atoms with Gasteiger partial charge >= 0.3 is 12.3 Å². The number of rotatable bonds is 7. The summed E-state index contributed by atoms with van der Waals surface area (Å²) in [5.74, 6) is -0.515. The third-order valence-corrected chi connectivity index (χ3v) is 5.26. The average molecular weight is 438 g/mol. The van der Waals surface area contributed by atoms with E-state index >= 15 is 0 Å². The van der Waals surface area contributed by atoms with E-state index in [1.54, 1.807) is 0 Å². The van der Waals surface area contributed by atoms with Crippen molar-refractivity contribution in [1.29, 1.82) is 0 Å². The zero-order valence-electron chi connectivity index (χ0n) is 17.2. The van der Waals surface area contributed by atoms with Gasteiger partial charge in [-0.2, -0.15) is 0 Å². The molecular weight excluding hydrogens is 413 g/mol. The molecular formula is C22H25F3N2O4. The smallest absolute Gasteiger partial charge is 0.496 e.